The van der Waals surface area contributed by atoms with Crippen LogP contribution in [0.15, 0.2) is 85.5 Å². The Balaban J connectivity index is 1.82. The third kappa shape index (κ3) is 3.19. The summed E-state index contributed by atoms with van der Waals surface area (Å²) in [4.78, 5) is 4.41. The molecule has 0 radical (unpaired) electrons. The van der Waals surface area contributed by atoms with E-state index >= 15 is 0 Å². The van der Waals surface area contributed by atoms with Gasteiger partial charge in [-0.25, -0.2) is 0 Å². The van der Waals surface area contributed by atoms with Crippen LogP contribution in [-0.2, 0) is 0 Å². The largest absolute Gasteiger partial charge is 0.395 e. The first-order chi connectivity index (χ1) is 13.7. The molecule has 142 valence electrons. The minimum absolute atomic E-state index is 0.154. The highest BCUT2D eigenvalue weighted by Crippen LogP contribution is 2.48. The lowest BCUT2D eigenvalue weighted by Gasteiger charge is -2.37. The first-order valence-electron chi connectivity index (χ1n) is 9.73. The number of rotatable bonds is 6. The molecule has 1 aliphatic rings. The molecule has 0 atom stereocenters. The average molecular weight is 370 g/mol. The number of benzene rings is 3. The van der Waals surface area contributed by atoms with Crippen LogP contribution in [0.2, 0.25) is 0 Å². The molecular weight excluding hydrogens is 344 g/mol. The van der Waals surface area contributed by atoms with Gasteiger partial charge >= 0.3 is 0 Å². The molecule has 0 aliphatic carbocycles. The van der Waals surface area contributed by atoms with Gasteiger partial charge < -0.3 is 14.9 Å². The van der Waals surface area contributed by atoms with E-state index in [9.17, 15) is 5.11 Å². The number of nitrogens with zero attached hydrogens (tertiary/aromatic N) is 2. The summed E-state index contributed by atoms with van der Waals surface area (Å²) < 4.78 is 0. The van der Waals surface area contributed by atoms with Gasteiger partial charge in [0, 0.05) is 43.1 Å². The zero-order chi connectivity index (χ0) is 19.5. The predicted octanol–water partition coefficient (Wildman–Crippen LogP) is 4.93. The average Bonchev–Trinajstić information content (AvgIpc) is 2.74. The summed E-state index contributed by atoms with van der Waals surface area (Å²) in [5.41, 5.74) is 7.52. The second-order valence-electron chi connectivity index (χ2n) is 7.19. The molecule has 0 bridgehead atoms. The molecule has 3 aromatic carbocycles. The molecule has 0 amide bonds. The topological polar surface area (TPSA) is 26.7 Å². The van der Waals surface area contributed by atoms with Crippen molar-refractivity contribution < 1.29 is 5.11 Å². The molecule has 0 saturated carbocycles. The Morgan fingerprint density at radius 2 is 1.50 bits per heavy atom. The Hall–Kier alpha value is -3.04. The van der Waals surface area contributed by atoms with Gasteiger partial charge in [0.2, 0.25) is 0 Å². The number of para-hydroxylation sites is 2. The van der Waals surface area contributed by atoms with Crippen LogP contribution in [0.3, 0.4) is 0 Å². The maximum Gasteiger partial charge on any atom is 0.0606 e. The Labute approximate surface area is 167 Å². The molecule has 0 fully saturated rings. The molecule has 1 N–H and O–H groups in total. The number of aliphatic hydroxyl groups is 1. The van der Waals surface area contributed by atoms with Crippen molar-refractivity contribution in [3.8, 4) is 0 Å². The molecule has 3 nitrogen and oxygen atoms in total. The third-order valence-corrected chi connectivity index (χ3v) is 5.49. The number of anilines is 3. The molecular formula is C25H26N2O. The first-order valence-corrected chi connectivity index (χ1v) is 9.73. The van der Waals surface area contributed by atoms with Crippen LogP contribution in [0.4, 0.5) is 17.1 Å². The normalized spacial score (nSPS) is 13.0. The fraction of sp³-hybridized carbons (Fsp3) is 0.200. The highest BCUT2D eigenvalue weighted by molar-refractivity contribution is 5.78. The van der Waals surface area contributed by atoms with E-state index < -0.39 is 0 Å². The van der Waals surface area contributed by atoms with Gasteiger partial charge in [-0.3, -0.25) is 0 Å². The predicted molar refractivity (Wildman–Crippen MR) is 118 cm³/mol. The van der Waals surface area contributed by atoms with Crippen LogP contribution in [0.5, 0.6) is 0 Å². The quantitative estimate of drug-likeness (QED) is 0.623. The second-order valence-corrected chi connectivity index (χ2v) is 7.19. The smallest absolute Gasteiger partial charge is 0.0606 e. The summed E-state index contributed by atoms with van der Waals surface area (Å²) in [7, 11) is 2.00. The lowest BCUT2D eigenvalue weighted by molar-refractivity contribution is 0.304. The van der Waals surface area contributed by atoms with Crippen molar-refractivity contribution in [3.05, 3.63) is 102 Å². The van der Waals surface area contributed by atoms with E-state index in [2.05, 4.69) is 89.2 Å². The van der Waals surface area contributed by atoms with Crippen molar-refractivity contribution in [1.29, 1.82) is 0 Å². The molecule has 4 rings (SSSR count). The van der Waals surface area contributed by atoms with Crippen LogP contribution in [0.1, 0.15) is 22.6 Å². The Morgan fingerprint density at radius 1 is 0.929 bits per heavy atom. The lowest BCUT2D eigenvalue weighted by Crippen LogP contribution is -2.26. The minimum atomic E-state index is 0.154. The minimum Gasteiger partial charge on any atom is -0.395 e. The van der Waals surface area contributed by atoms with Crippen molar-refractivity contribution in [2.45, 2.75) is 5.92 Å². The molecule has 0 aromatic heterocycles. The Bertz CT molecular complexity index is 917. The maximum atomic E-state index is 9.19. The van der Waals surface area contributed by atoms with E-state index in [1.165, 1.54) is 28.1 Å². The summed E-state index contributed by atoms with van der Waals surface area (Å²) in [5, 5.41) is 9.19. The number of hydrogen-bond donors (Lipinski definition) is 1. The first kappa shape index (κ1) is 18.3. The SMILES string of the molecule is C=CCN1c2ccccc2C(c2ccc(N(C)CCO)cc2)c2ccccc21. The Morgan fingerprint density at radius 3 is 2.04 bits per heavy atom. The third-order valence-electron chi connectivity index (χ3n) is 5.49. The molecule has 3 aromatic rings. The van der Waals surface area contributed by atoms with E-state index in [4.69, 9.17) is 0 Å². The highest BCUT2D eigenvalue weighted by atomic mass is 16.3. The van der Waals surface area contributed by atoms with Gasteiger partial charge in [-0.1, -0.05) is 54.6 Å². The molecule has 1 aliphatic heterocycles. The van der Waals surface area contributed by atoms with Crippen LogP contribution >= 0.6 is 0 Å². The van der Waals surface area contributed by atoms with Crippen LogP contribution < -0.4 is 9.80 Å². The fourth-order valence-electron chi connectivity index (χ4n) is 4.14. The number of fused-ring (bicyclic) bond motifs is 2. The maximum absolute atomic E-state index is 9.19. The summed E-state index contributed by atoms with van der Waals surface area (Å²) in [6, 6.07) is 26.0. The van der Waals surface area contributed by atoms with Crippen LogP contribution in [-0.4, -0.2) is 31.9 Å². The van der Waals surface area contributed by atoms with Crippen molar-refractivity contribution in [2.24, 2.45) is 0 Å². The van der Waals surface area contributed by atoms with Crippen molar-refractivity contribution >= 4 is 17.1 Å². The zero-order valence-electron chi connectivity index (χ0n) is 16.3. The summed E-state index contributed by atoms with van der Waals surface area (Å²) in [6.45, 7) is 5.52. The van der Waals surface area contributed by atoms with E-state index in [1.54, 1.807) is 0 Å². The van der Waals surface area contributed by atoms with Gasteiger partial charge in [0.05, 0.1) is 6.61 Å². The zero-order valence-corrected chi connectivity index (χ0v) is 16.3. The van der Waals surface area contributed by atoms with Gasteiger partial charge in [0.15, 0.2) is 0 Å². The fourth-order valence-corrected chi connectivity index (χ4v) is 4.14. The second kappa shape index (κ2) is 7.91. The van der Waals surface area contributed by atoms with Gasteiger partial charge in [0.1, 0.15) is 0 Å². The molecule has 3 heteroatoms. The molecule has 1 heterocycles. The molecule has 28 heavy (non-hydrogen) atoms. The highest BCUT2D eigenvalue weighted by Gasteiger charge is 2.30. The van der Waals surface area contributed by atoms with Gasteiger partial charge in [-0.15, -0.1) is 6.58 Å². The molecule has 0 spiro atoms. The standard InChI is InChI=1S/C25H26N2O/c1-3-16-27-23-10-6-4-8-21(23)25(22-9-5-7-11-24(22)27)19-12-14-20(15-13-19)26(2)17-18-28/h3-15,25,28H,1,16-18H2,2H3. The Kier molecular flexibility index (Phi) is 5.18. The van der Waals surface area contributed by atoms with Gasteiger partial charge in [-0.2, -0.15) is 0 Å². The summed E-state index contributed by atoms with van der Waals surface area (Å²) in [6.07, 6.45) is 1.96. The van der Waals surface area contributed by atoms with E-state index in [-0.39, 0.29) is 12.5 Å². The van der Waals surface area contributed by atoms with E-state index in [0.29, 0.717) is 6.54 Å². The van der Waals surface area contributed by atoms with Crippen LogP contribution in [0, 0.1) is 0 Å². The lowest BCUT2D eigenvalue weighted by atomic mass is 9.80. The van der Waals surface area contributed by atoms with Gasteiger partial charge in [-0.05, 0) is 41.0 Å². The number of likely N-dealkylation sites (N-methyl/N-ethyl adjacent to an activating group) is 1. The van der Waals surface area contributed by atoms with E-state index in [0.717, 1.165) is 12.2 Å². The molecule has 0 unspecified atom stereocenters. The van der Waals surface area contributed by atoms with Crippen LogP contribution in [0.25, 0.3) is 0 Å². The molecule has 0 saturated heterocycles. The van der Waals surface area contributed by atoms with Crippen molar-refractivity contribution in [1.82, 2.24) is 0 Å². The number of aliphatic hydroxyl groups excluding tert-OH is 1. The van der Waals surface area contributed by atoms with Gasteiger partial charge in [0.25, 0.3) is 0 Å². The van der Waals surface area contributed by atoms with E-state index in [1.807, 2.05) is 13.1 Å². The van der Waals surface area contributed by atoms with Crippen molar-refractivity contribution in [2.75, 3.05) is 36.5 Å². The monoisotopic (exact) mass is 370 g/mol. The number of hydrogen-bond acceptors (Lipinski definition) is 3. The summed E-state index contributed by atoms with van der Waals surface area (Å²) >= 11 is 0. The summed E-state index contributed by atoms with van der Waals surface area (Å²) in [5.74, 6) is 0.200. The van der Waals surface area contributed by atoms with Crippen molar-refractivity contribution in [3.63, 3.8) is 0 Å².